The number of alkyl halides is 2. The molecule has 0 aliphatic heterocycles. The number of rotatable bonds is 2. The summed E-state index contributed by atoms with van der Waals surface area (Å²) in [6.45, 7) is 14.0. The third-order valence-corrected chi connectivity index (χ3v) is 2.03. The molecule has 0 fully saturated rings. The highest BCUT2D eigenvalue weighted by molar-refractivity contribution is 5.27. The zero-order chi connectivity index (χ0) is 16.2. The normalized spacial score (nSPS) is 9.26. The van der Waals surface area contributed by atoms with Crippen LogP contribution in [-0.2, 0) is 19.6 Å². The van der Waals surface area contributed by atoms with E-state index >= 15 is 0 Å². The van der Waals surface area contributed by atoms with Crippen LogP contribution in [0.5, 0.6) is 0 Å². The monoisotopic (exact) mass is 280 g/mol. The highest BCUT2D eigenvalue weighted by atomic mass is 19.3. The molecule has 0 saturated heterocycles. The van der Waals surface area contributed by atoms with Crippen LogP contribution in [-0.4, -0.2) is 14.9 Å². The minimum absolute atomic E-state index is 0.218. The van der Waals surface area contributed by atoms with Gasteiger partial charge < -0.3 is 5.11 Å². The van der Waals surface area contributed by atoms with E-state index in [1.807, 2.05) is 41.5 Å². The van der Waals surface area contributed by atoms with Crippen LogP contribution in [0.15, 0.2) is 0 Å². The van der Waals surface area contributed by atoms with Gasteiger partial charge in [0.15, 0.2) is 0 Å². The minimum Gasteiger partial charge on any atom is -0.392 e. The Morgan fingerprint density at radius 2 is 1.47 bits per heavy atom. The molecule has 0 spiro atoms. The number of hydrogen-bond acceptors (Lipinski definition) is 2. The third-order valence-electron chi connectivity index (χ3n) is 2.03. The lowest BCUT2D eigenvalue weighted by Crippen LogP contribution is -2.11. The first-order valence-electron chi connectivity index (χ1n) is 6.89. The Bertz CT molecular complexity index is 318. The third kappa shape index (κ3) is 7.25. The number of aryl methyl sites for hydroxylation is 1. The number of halogens is 2. The Labute approximate surface area is 116 Å². The summed E-state index contributed by atoms with van der Waals surface area (Å²) in [6.07, 6.45) is 0. The fraction of sp³-hybridized carbons (Fsp3) is 0.786. The van der Waals surface area contributed by atoms with Gasteiger partial charge in [-0.2, -0.15) is 13.9 Å². The molecule has 0 saturated carbocycles. The molecule has 1 rings (SSSR count). The van der Waals surface area contributed by atoms with Crippen LogP contribution in [0.25, 0.3) is 0 Å². The fourth-order valence-corrected chi connectivity index (χ4v) is 1.19. The van der Waals surface area contributed by atoms with Crippen LogP contribution in [0.4, 0.5) is 8.78 Å². The second kappa shape index (κ2) is 12.1. The van der Waals surface area contributed by atoms with Crippen molar-refractivity contribution in [2.24, 2.45) is 7.05 Å². The zero-order valence-electron chi connectivity index (χ0n) is 13.8. The van der Waals surface area contributed by atoms with Crippen LogP contribution in [0, 0.1) is 6.92 Å². The van der Waals surface area contributed by atoms with Crippen LogP contribution in [0.1, 0.15) is 65.4 Å². The van der Waals surface area contributed by atoms with Gasteiger partial charge in [0.05, 0.1) is 6.61 Å². The summed E-state index contributed by atoms with van der Waals surface area (Å²) in [5, 5.41) is 12.5. The Morgan fingerprint density at radius 3 is 1.68 bits per heavy atom. The molecule has 0 aliphatic rings. The minimum atomic E-state index is -3.00. The van der Waals surface area contributed by atoms with Crippen molar-refractivity contribution in [3.05, 3.63) is 17.0 Å². The van der Waals surface area contributed by atoms with E-state index in [4.69, 9.17) is 5.11 Å². The summed E-state index contributed by atoms with van der Waals surface area (Å²) in [5.74, 6) is -3.00. The Kier molecular flexibility index (Phi) is 14.7. The lowest BCUT2D eigenvalue weighted by molar-refractivity contribution is 0.0102. The second-order valence-corrected chi connectivity index (χ2v) is 3.08. The number of aromatic nitrogens is 2. The topological polar surface area (TPSA) is 38.1 Å². The molecule has 0 aromatic carbocycles. The molecule has 0 atom stereocenters. The fourth-order valence-electron chi connectivity index (χ4n) is 1.19. The van der Waals surface area contributed by atoms with Crippen LogP contribution in [0.3, 0.4) is 0 Å². The number of aliphatic hydroxyl groups excluding tert-OH is 1. The summed E-state index contributed by atoms with van der Waals surface area (Å²) < 4.78 is 27.2. The standard InChI is InChI=1S/C8H12F2N2O.3C2H6/c1-5-6(4-13)7(8(2,9)10)11-12(5)3;3*1-2/h13H,4H2,1-3H3;3*1-2H3. The number of nitrogens with zero attached hydrogens (tertiary/aromatic N) is 2. The van der Waals surface area contributed by atoms with Gasteiger partial charge in [0.1, 0.15) is 5.69 Å². The predicted octanol–water partition coefficient (Wildman–Crippen LogP) is 4.41. The van der Waals surface area contributed by atoms with E-state index in [0.717, 1.165) is 6.92 Å². The zero-order valence-corrected chi connectivity index (χ0v) is 13.8. The molecule has 0 bridgehead atoms. The number of hydrogen-bond donors (Lipinski definition) is 1. The lowest BCUT2D eigenvalue weighted by Gasteiger charge is -2.07. The predicted molar refractivity (Wildman–Crippen MR) is 77.5 cm³/mol. The maximum Gasteiger partial charge on any atom is 0.289 e. The van der Waals surface area contributed by atoms with Crippen molar-refractivity contribution in [2.75, 3.05) is 0 Å². The summed E-state index contributed by atoms with van der Waals surface area (Å²) in [6, 6.07) is 0. The van der Waals surface area contributed by atoms with E-state index in [1.54, 1.807) is 14.0 Å². The van der Waals surface area contributed by atoms with Crippen LogP contribution < -0.4 is 0 Å². The van der Waals surface area contributed by atoms with Gasteiger partial charge in [-0.15, -0.1) is 0 Å². The smallest absolute Gasteiger partial charge is 0.289 e. The molecule has 1 aromatic rings. The Morgan fingerprint density at radius 1 is 1.11 bits per heavy atom. The SMILES string of the molecule is CC.CC.CC.Cc1c(CO)c(C(C)(F)F)nn1C. The van der Waals surface area contributed by atoms with Crippen molar-refractivity contribution in [1.82, 2.24) is 9.78 Å². The maximum absolute atomic E-state index is 12.9. The van der Waals surface area contributed by atoms with E-state index in [9.17, 15) is 8.78 Å². The number of aliphatic hydroxyl groups is 1. The molecule has 0 unspecified atom stereocenters. The molecule has 5 heteroatoms. The molecule has 3 nitrogen and oxygen atoms in total. The van der Waals surface area contributed by atoms with Crippen molar-refractivity contribution in [2.45, 2.75) is 67.9 Å². The quantitative estimate of drug-likeness (QED) is 0.871. The van der Waals surface area contributed by atoms with Crippen molar-refractivity contribution in [3.63, 3.8) is 0 Å². The van der Waals surface area contributed by atoms with Gasteiger partial charge in [-0.1, -0.05) is 41.5 Å². The molecule has 19 heavy (non-hydrogen) atoms. The molecule has 116 valence electrons. The van der Waals surface area contributed by atoms with Crippen molar-refractivity contribution in [3.8, 4) is 0 Å². The summed E-state index contributed by atoms with van der Waals surface area (Å²) in [4.78, 5) is 0. The van der Waals surface area contributed by atoms with Crippen molar-refractivity contribution < 1.29 is 13.9 Å². The van der Waals surface area contributed by atoms with Crippen LogP contribution in [0.2, 0.25) is 0 Å². The molecular weight excluding hydrogens is 250 g/mol. The molecule has 0 amide bonds. The van der Waals surface area contributed by atoms with Gasteiger partial charge in [-0.05, 0) is 6.92 Å². The van der Waals surface area contributed by atoms with Gasteiger partial charge in [-0.3, -0.25) is 4.68 Å². The first-order valence-corrected chi connectivity index (χ1v) is 6.89. The first-order chi connectivity index (χ1) is 8.88. The maximum atomic E-state index is 12.9. The van der Waals surface area contributed by atoms with Gasteiger partial charge in [0, 0.05) is 25.2 Å². The molecule has 1 aromatic heterocycles. The average molecular weight is 280 g/mol. The van der Waals surface area contributed by atoms with Crippen molar-refractivity contribution >= 4 is 0 Å². The average Bonchev–Trinajstić information content (AvgIpc) is 2.72. The Balaban J connectivity index is -0.000000375. The second-order valence-electron chi connectivity index (χ2n) is 3.08. The molecule has 0 aliphatic carbocycles. The molecular formula is C14H30F2N2O. The van der Waals surface area contributed by atoms with E-state index in [-0.39, 0.29) is 11.3 Å². The highest BCUT2D eigenvalue weighted by Gasteiger charge is 2.32. The van der Waals surface area contributed by atoms with Gasteiger partial charge in [-0.25, -0.2) is 0 Å². The molecule has 1 heterocycles. The van der Waals surface area contributed by atoms with E-state index in [1.165, 1.54) is 4.68 Å². The van der Waals surface area contributed by atoms with Gasteiger partial charge >= 0.3 is 0 Å². The Hall–Kier alpha value is -0.970. The lowest BCUT2D eigenvalue weighted by atomic mass is 10.1. The van der Waals surface area contributed by atoms with Crippen LogP contribution >= 0.6 is 0 Å². The largest absolute Gasteiger partial charge is 0.392 e. The van der Waals surface area contributed by atoms with Crippen molar-refractivity contribution in [1.29, 1.82) is 0 Å². The highest BCUT2D eigenvalue weighted by Crippen LogP contribution is 2.29. The summed E-state index contributed by atoms with van der Waals surface area (Å²) in [7, 11) is 1.57. The van der Waals surface area contributed by atoms with E-state index in [2.05, 4.69) is 5.10 Å². The van der Waals surface area contributed by atoms with Gasteiger partial charge in [0.2, 0.25) is 0 Å². The van der Waals surface area contributed by atoms with E-state index in [0.29, 0.717) is 5.69 Å². The first kappa shape index (κ1) is 23.1. The molecule has 1 N–H and O–H groups in total. The summed E-state index contributed by atoms with van der Waals surface area (Å²) >= 11 is 0. The van der Waals surface area contributed by atoms with E-state index < -0.39 is 12.5 Å². The van der Waals surface area contributed by atoms with Gasteiger partial charge in [0.25, 0.3) is 5.92 Å². The molecule has 0 radical (unpaired) electrons. The summed E-state index contributed by atoms with van der Waals surface area (Å²) in [5.41, 5.74) is 0.448.